The zero-order valence-electron chi connectivity index (χ0n) is 14.5. The first-order chi connectivity index (χ1) is 11.8. The number of aliphatic hydroxyl groups excluding tert-OH is 1. The summed E-state index contributed by atoms with van der Waals surface area (Å²) in [4.78, 5) is 4.98. The summed E-state index contributed by atoms with van der Waals surface area (Å²) >= 11 is 0. The van der Waals surface area contributed by atoms with Gasteiger partial charge in [0, 0.05) is 37.4 Å². The third kappa shape index (κ3) is 3.61. The van der Waals surface area contributed by atoms with Crippen LogP contribution in [-0.2, 0) is 4.74 Å². The SMILES string of the molecule is OC(COC1CCCCC1)CN1C2CC1CN(c1ccccc1)C2. The van der Waals surface area contributed by atoms with Crippen molar-refractivity contribution in [2.75, 3.05) is 31.1 Å². The van der Waals surface area contributed by atoms with Gasteiger partial charge in [-0.05, 0) is 31.4 Å². The summed E-state index contributed by atoms with van der Waals surface area (Å²) in [6.45, 7) is 3.43. The number of para-hydroxylation sites is 1. The molecule has 4 nitrogen and oxygen atoms in total. The van der Waals surface area contributed by atoms with Crippen LogP contribution in [0.2, 0.25) is 0 Å². The van der Waals surface area contributed by atoms with E-state index < -0.39 is 0 Å². The second kappa shape index (κ2) is 7.42. The third-order valence-electron chi connectivity index (χ3n) is 5.96. The Hall–Kier alpha value is -1.10. The molecule has 0 radical (unpaired) electrons. The van der Waals surface area contributed by atoms with Crippen LogP contribution in [0.15, 0.2) is 30.3 Å². The van der Waals surface area contributed by atoms with Gasteiger partial charge in [0.15, 0.2) is 0 Å². The molecule has 1 aliphatic carbocycles. The fraction of sp³-hybridized carbons (Fsp3) is 0.700. The molecule has 4 heteroatoms. The molecule has 3 heterocycles. The van der Waals surface area contributed by atoms with E-state index in [1.54, 1.807) is 0 Å². The Labute approximate surface area is 145 Å². The average molecular weight is 330 g/mol. The summed E-state index contributed by atoms with van der Waals surface area (Å²) in [5.41, 5.74) is 1.33. The van der Waals surface area contributed by atoms with E-state index in [1.165, 1.54) is 44.2 Å². The van der Waals surface area contributed by atoms with Crippen LogP contribution in [0.1, 0.15) is 38.5 Å². The van der Waals surface area contributed by atoms with Gasteiger partial charge in [-0.15, -0.1) is 0 Å². The number of rotatable bonds is 6. The van der Waals surface area contributed by atoms with E-state index in [0.717, 1.165) is 19.6 Å². The number of fused-ring (bicyclic) bond motifs is 2. The Morgan fingerprint density at radius 2 is 1.75 bits per heavy atom. The molecule has 1 aromatic rings. The molecule has 3 saturated heterocycles. The van der Waals surface area contributed by atoms with Crippen molar-refractivity contribution in [2.45, 2.75) is 62.8 Å². The number of benzene rings is 1. The molecular weight excluding hydrogens is 300 g/mol. The van der Waals surface area contributed by atoms with Gasteiger partial charge in [0.05, 0.1) is 18.8 Å². The third-order valence-corrected chi connectivity index (χ3v) is 5.96. The molecule has 1 N–H and O–H groups in total. The highest BCUT2D eigenvalue weighted by molar-refractivity contribution is 5.47. The van der Waals surface area contributed by atoms with Crippen LogP contribution in [-0.4, -0.2) is 60.5 Å². The number of piperazine rings is 1. The topological polar surface area (TPSA) is 35.9 Å². The van der Waals surface area contributed by atoms with Gasteiger partial charge in [-0.25, -0.2) is 0 Å². The van der Waals surface area contributed by atoms with Gasteiger partial charge in [0.1, 0.15) is 0 Å². The standard InChI is InChI=1S/C20H30N2O2/c23-19(15-24-20-9-5-2-6-10-20)14-22-17-11-18(22)13-21(12-17)16-7-3-1-4-8-16/h1,3-4,7-8,17-20,23H,2,5-6,9-15H2. The highest BCUT2D eigenvalue weighted by Crippen LogP contribution is 2.34. The first-order valence-corrected chi connectivity index (χ1v) is 9.65. The van der Waals surface area contributed by atoms with Crippen LogP contribution in [0.5, 0.6) is 0 Å². The van der Waals surface area contributed by atoms with E-state index >= 15 is 0 Å². The van der Waals surface area contributed by atoms with Gasteiger partial charge >= 0.3 is 0 Å². The summed E-state index contributed by atoms with van der Waals surface area (Å²) in [6, 6.07) is 11.9. The molecule has 1 saturated carbocycles. The molecule has 4 fully saturated rings. The van der Waals surface area contributed by atoms with E-state index in [-0.39, 0.29) is 6.10 Å². The molecule has 5 rings (SSSR count). The molecule has 3 unspecified atom stereocenters. The highest BCUT2D eigenvalue weighted by atomic mass is 16.5. The lowest BCUT2D eigenvalue weighted by Gasteiger charge is -2.57. The quantitative estimate of drug-likeness (QED) is 0.870. The Morgan fingerprint density at radius 1 is 1.04 bits per heavy atom. The minimum atomic E-state index is -0.347. The Kier molecular flexibility index (Phi) is 5.06. The number of ether oxygens (including phenoxy) is 1. The summed E-state index contributed by atoms with van der Waals surface area (Å²) in [6.07, 6.45) is 7.58. The molecule has 2 bridgehead atoms. The van der Waals surface area contributed by atoms with Crippen molar-refractivity contribution in [3.8, 4) is 0 Å². The van der Waals surface area contributed by atoms with E-state index in [9.17, 15) is 5.11 Å². The van der Waals surface area contributed by atoms with Crippen LogP contribution in [0.3, 0.4) is 0 Å². The molecule has 3 atom stereocenters. The molecule has 132 valence electrons. The maximum absolute atomic E-state index is 10.4. The van der Waals surface area contributed by atoms with Gasteiger partial charge < -0.3 is 14.7 Å². The minimum Gasteiger partial charge on any atom is -0.389 e. The van der Waals surface area contributed by atoms with Gasteiger partial charge in [-0.3, -0.25) is 4.90 Å². The van der Waals surface area contributed by atoms with E-state index in [2.05, 4.69) is 40.1 Å². The molecule has 4 aliphatic rings. The number of hydrogen-bond acceptors (Lipinski definition) is 4. The van der Waals surface area contributed by atoms with E-state index in [4.69, 9.17) is 4.74 Å². The van der Waals surface area contributed by atoms with Crippen molar-refractivity contribution >= 4 is 5.69 Å². The Balaban J connectivity index is 1.22. The summed E-state index contributed by atoms with van der Waals surface area (Å²) < 4.78 is 5.94. The predicted molar refractivity (Wildman–Crippen MR) is 96.4 cm³/mol. The molecule has 1 aromatic carbocycles. The van der Waals surface area contributed by atoms with Crippen LogP contribution in [0, 0.1) is 0 Å². The molecular formula is C20H30N2O2. The minimum absolute atomic E-state index is 0.347. The second-order valence-corrected chi connectivity index (χ2v) is 7.73. The van der Waals surface area contributed by atoms with Crippen LogP contribution in [0.25, 0.3) is 0 Å². The number of nitrogens with zero attached hydrogens (tertiary/aromatic N) is 2. The first-order valence-electron chi connectivity index (χ1n) is 9.65. The lowest BCUT2D eigenvalue weighted by molar-refractivity contribution is -0.0711. The molecule has 0 aromatic heterocycles. The fourth-order valence-corrected chi connectivity index (χ4v) is 4.61. The van der Waals surface area contributed by atoms with Crippen molar-refractivity contribution in [1.82, 2.24) is 4.90 Å². The van der Waals surface area contributed by atoms with Crippen molar-refractivity contribution < 1.29 is 9.84 Å². The normalized spacial score (nSPS) is 29.3. The van der Waals surface area contributed by atoms with Crippen molar-refractivity contribution in [2.24, 2.45) is 0 Å². The van der Waals surface area contributed by atoms with Crippen LogP contribution >= 0.6 is 0 Å². The highest BCUT2D eigenvalue weighted by Gasteiger charge is 2.45. The van der Waals surface area contributed by atoms with Gasteiger partial charge in [-0.2, -0.15) is 0 Å². The van der Waals surface area contributed by atoms with Gasteiger partial charge in [0.25, 0.3) is 0 Å². The van der Waals surface area contributed by atoms with E-state index in [1.807, 2.05) is 0 Å². The molecule has 3 aliphatic heterocycles. The zero-order chi connectivity index (χ0) is 16.4. The van der Waals surface area contributed by atoms with Crippen molar-refractivity contribution in [3.63, 3.8) is 0 Å². The van der Waals surface area contributed by atoms with Crippen LogP contribution in [0.4, 0.5) is 5.69 Å². The van der Waals surface area contributed by atoms with Gasteiger partial charge in [-0.1, -0.05) is 37.5 Å². The Morgan fingerprint density at radius 3 is 2.46 bits per heavy atom. The van der Waals surface area contributed by atoms with Crippen molar-refractivity contribution in [3.05, 3.63) is 30.3 Å². The zero-order valence-corrected chi connectivity index (χ0v) is 14.5. The number of anilines is 1. The molecule has 24 heavy (non-hydrogen) atoms. The Bertz CT molecular complexity index is 506. The summed E-state index contributed by atoms with van der Waals surface area (Å²) in [5.74, 6) is 0. The predicted octanol–water partition coefficient (Wildman–Crippen LogP) is 2.66. The monoisotopic (exact) mass is 330 g/mol. The van der Waals surface area contributed by atoms with Gasteiger partial charge in [0.2, 0.25) is 0 Å². The van der Waals surface area contributed by atoms with Crippen LogP contribution < -0.4 is 4.90 Å². The molecule has 0 spiro atoms. The number of piperidine rings is 1. The second-order valence-electron chi connectivity index (χ2n) is 7.73. The summed E-state index contributed by atoms with van der Waals surface area (Å²) in [5, 5.41) is 10.4. The average Bonchev–Trinajstić information content (AvgIpc) is 2.66. The lowest BCUT2D eigenvalue weighted by atomic mass is 9.86. The maximum atomic E-state index is 10.4. The van der Waals surface area contributed by atoms with Crippen molar-refractivity contribution in [1.29, 1.82) is 0 Å². The lowest BCUT2D eigenvalue weighted by Crippen LogP contribution is -2.70. The summed E-state index contributed by atoms with van der Waals surface area (Å²) in [7, 11) is 0. The first kappa shape index (κ1) is 16.4. The number of hydrogen-bond donors (Lipinski definition) is 1. The number of aliphatic hydroxyl groups is 1. The smallest absolute Gasteiger partial charge is 0.0900 e. The largest absolute Gasteiger partial charge is 0.389 e. The maximum Gasteiger partial charge on any atom is 0.0900 e. The van der Waals surface area contributed by atoms with E-state index in [0.29, 0.717) is 24.8 Å². The fourth-order valence-electron chi connectivity index (χ4n) is 4.61. The molecule has 0 amide bonds.